The van der Waals surface area contributed by atoms with Gasteiger partial charge in [-0.05, 0) is 38.0 Å². The maximum absolute atomic E-state index is 12.5. The summed E-state index contributed by atoms with van der Waals surface area (Å²) in [5.74, 6) is -0.483. The lowest BCUT2D eigenvalue weighted by molar-refractivity contribution is -0.150. The number of furan rings is 1. The molecule has 1 aliphatic heterocycles. The number of carbonyl (C=O) groups excluding carboxylic acids is 2. The highest BCUT2D eigenvalue weighted by atomic mass is 32.2. The van der Waals surface area contributed by atoms with Gasteiger partial charge in [-0.25, -0.2) is 13.2 Å². The minimum atomic E-state index is -3.10. The Hall–Kier alpha value is -2.09. The summed E-state index contributed by atoms with van der Waals surface area (Å²) in [5.41, 5.74) is 0. The summed E-state index contributed by atoms with van der Waals surface area (Å²) in [5, 5.41) is 0. The van der Waals surface area contributed by atoms with Crippen LogP contribution in [0.2, 0.25) is 0 Å². The Morgan fingerprint density at radius 1 is 1.48 bits per heavy atom. The third-order valence-electron chi connectivity index (χ3n) is 4.22. The highest BCUT2D eigenvalue weighted by Gasteiger charge is 2.36. The van der Waals surface area contributed by atoms with Crippen molar-refractivity contribution in [3.8, 4) is 0 Å². The molecule has 1 amide bonds. The Morgan fingerprint density at radius 2 is 2.24 bits per heavy atom. The average molecular weight is 369 g/mol. The second kappa shape index (κ2) is 8.33. The molecule has 0 radical (unpaired) electrons. The van der Waals surface area contributed by atoms with E-state index in [-0.39, 0.29) is 29.5 Å². The molecule has 1 aromatic rings. The van der Waals surface area contributed by atoms with E-state index in [0.717, 1.165) is 0 Å². The lowest BCUT2D eigenvalue weighted by Gasteiger charge is -2.33. The smallest absolute Gasteiger partial charge is 0.331 e. The fourth-order valence-corrected chi connectivity index (χ4v) is 4.50. The van der Waals surface area contributed by atoms with Gasteiger partial charge >= 0.3 is 5.97 Å². The van der Waals surface area contributed by atoms with Crippen molar-refractivity contribution in [3.63, 3.8) is 0 Å². The van der Waals surface area contributed by atoms with E-state index in [2.05, 4.69) is 0 Å². The number of hydrogen-bond donors (Lipinski definition) is 0. The second-order valence-corrected chi connectivity index (χ2v) is 8.30. The van der Waals surface area contributed by atoms with Crippen molar-refractivity contribution < 1.29 is 27.2 Å². The molecule has 138 valence electrons. The number of esters is 1. The molecule has 2 heterocycles. The van der Waals surface area contributed by atoms with Crippen LogP contribution in [0.25, 0.3) is 6.08 Å². The van der Waals surface area contributed by atoms with Gasteiger partial charge < -0.3 is 14.1 Å². The van der Waals surface area contributed by atoms with Crippen LogP contribution in [0, 0.1) is 0 Å². The van der Waals surface area contributed by atoms with Crippen molar-refractivity contribution in [2.45, 2.75) is 38.8 Å². The molecule has 0 N–H and O–H groups in total. The lowest BCUT2D eigenvalue weighted by Crippen LogP contribution is -2.48. The summed E-state index contributed by atoms with van der Waals surface area (Å²) >= 11 is 0. The van der Waals surface area contributed by atoms with Crippen LogP contribution < -0.4 is 0 Å². The largest absolute Gasteiger partial charge is 0.465 e. The minimum absolute atomic E-state index is 0.0323. The fraction of sp³-hybridized carbons (Fsp3) is 0.529. The van der Waals surface area contributed by atoms with Gasteiger partial charge in [0.25, 0.3) is 5.91 Å². The Labute approximate surface area is 147 Å². The predicted molar refractivity (Wildman–Crippen MR) is 92.4 cm³/mol. The van der Waals surface area contributed by atoms with E-state index >= 15 is 0 Å². The number of hydrogen-bond acceptors (Lipinski definition) is 6. The van der Waals surface area contributed by atoms with Gasteiger partial charge in [0.2, 0.25) is 0 Å². The number of amides is 1. The number of carbonyl (C=O) groups is 2. The quantitative estimate of drug-likeness (QED) is 0.536. The SMILES string of the molecule is CC[C@@H](C)N(C(=O)COC(=O)/C=C/c1ccco1)[C@@H]1CCS(=O)(=O)C1. The van der Waals surface area contributed by atoms with Crippen LogP contribution in [-0.2, 0) is 24.2 Å². The van der Waals surface area contributed by atoms with E-state index < -0.39 is 22.4 Å². The molecular formula is C17H23NO6S. The summed E-state index contributed by atoms with van der Waals surface area (Å²) in [6, 6.07) is 2.89. The Morgan fingerprint density at radius 3 is 2.80 bits per heavy atom. The van der Waals surface area contributed by atoms with Crippen molar-refractivity contribution in [3.05, 3.63) is 30.2 Å². The maximum atomic E-state index is 12.5. The molecule has 2 rings (SSSR count). The van der Waals surface area contributed by atoms with Crippen LogP contribution in [0.1, 0.15) is 32.4 Å². The van der Waals surface area contributed by atoms with E-state index in [1.165, 1.54) is 18.4 Å². The first-order valence-corrected chi connectivity index (χ1v) is 10.0. The van der Waals surface area contributed by atoms with Crippen LogP contribution in [0.4, 0.5) is 0 Å². The Kier molecular flexibility index (Phi) is 6.41. The molecule has 8 heteroatoms. The molecule has 0 bridgehead atoms. The van der Waals surface area contributed by atoms with Crippen LogP contribution in [0.15, 0.2) is 28.9 Å². The predicted octanol–water partition coefficient (Wildman–Crippen LogP) is 1.65. The maximum Gasteiger partial charge on any atom is 0.331 e. The monoisotopic (exact) mass is 369 g/mol. The van der Waals surface area contributed by atoms with E-state index in [1.807, 2.05) is 13.8 Å². The van der Waals surface area contributed by atoms with Crippen LogP contribution >= 0.6 is 0 Å². The number of sulfone groups is 1. The van der Waals surface area contributed by atoms with Gasteiger partial charge in [0.05, 0.1) is 17.8 Å². The molecule has 2 atom stereocenters. The Balaban J connectivity index is 1.94. The van der Waals surface area contributed by atoms with Crippen LogP contribution in [0.5, 0.6) is 0 Å². The molecule has 1 aliphatic rings. The summed E-state index contributed by atoms with van der Waals surface area (Å²) in [6.07, 6.45) is 5.22. The summed E-state index contributed by atoms with van der Waals surface area (Å²) in [6.45, 7) is 3.37. The van der Waals surface area contributed by atoms with Gasteiger partial charge in [0.1, 0.15) is 5.76 Å². The zero-order valence-electron chi connectivity index (χ0n) is 14.4. The van der Waals surface area contributed by atoms with Gasteiger partial charge in [0.15, 0.2) is 16.4 Å². The van der Waals surface area contributed by atoms with Gasteiger partial charge in [-0.1, -0.05) is 6.92 Å². The minimum Gasteiger partial charge on any atom is -0.465 e. The van der Waals surface area contributed by atoms with E-state index in [9.17, 15) is 18.0 Å². The summed E-state index contributed by atoms with van der Waals surface area (Å²) < 4.78 is 33.4. The topological polar surface area (TPSA) is 93.9 Å². The molecule has 1 saturated heterocycles. The zero-order valence-corrected chi connectivity index (χ0v) is 15.2. The van der Waals surface area contributed by atoms with Crippen molar-refractivity contribution in [2.24, 2.45) is 0 Å². The van der Waals surface area contributed by atoms with Crippen molar-refractivity contribution >= 4 is 27.8 Å². The lowest BCUT2D eigenvalue weighted by atomic mass is 10.1. The van der Waals surface area contributed by atoms with E-state index in [1.54, 1.807) is 17.0 Å². The second-order valence-electron chi connectivity index (χ2n) is 6.07. The molecular weight excluding hydrogens is 346 g/mol. The van der Waals surface area contributed by atoms with Crippen molar-refractivity contribution in [1.82, 2.24) is 4.90 Å². The first-order valence-electron chi connectivity index (χ1n) is 8.22. The third kappa shape index (κ3) is 5.45. The van der Waals surface area contributed by atoms with Crippen LogP contribution in [-0.4, -0.2) is 55.4 Å². The number of rotatable bonds is 7. The highest BCUT2D eigenvalue weighted by Crippen LogP contribution is 2.21. The summed E-state index contributed by atoms with van der Waals surface area (Å²) in [4.78, 5) is 25.8. The standard InChI is InChI=1S/C17H23NO6S/c1-3-13(2)18(14-8-10-25(21,22)12-14)16(19)11-24-17(20)7-6-15-5-4-9-23-15/h4-7,9,13-14H,3,8,10-12H2,1-2H3/b7-6+/t13-,14-/m1/s1. The Bertz CT molecular complexity index is 722. The molecule has 1 fully saturated rings. The molecule has 25 heavy (non-hydrogen) atoms. The molecule has 0 unspecified atom stereocenters. The molecule has 0 aromatic carbocycles. The van der Waals surface area contributed by atoms with Crippen molar-refractivity contribution in [2.75, 3.05) is 18.1 Å². The van der Waals surface area contributed by atoms with Gasteiger partial charge in [-0.2, -0.15) is 0 Å². The van der Waals surface area contributed by atoms with Gasteiger partial charge in [-0.15, -0.1) is 0 Å². The first kappa shape index (κ1) is 19.2. The molecule has 0 saturated carbocycles. The molecule has 0 spiro atoms. The van der Waals surface area contributed by atoms with Crippen molar-refractivity contribution in [1.29, 1.82) is 0 Å². The highest BCUT2D eigenvalue weighted by molar-refractivity contribution is 7.91. The average Bonchev–Trinajstić information content (AvgIpc) is 3.20. The van der Waals surface area contributed by atoms with Gasteiger partial charge in [0, 0.05) is 18.2 Å². The normalized spacial score (nSPS) is 20.5. The van der Waals surface area contributed by atoms with E-state index in [0.29, 0.717) is 18.6 Å². The van der Waals surface area contributed by atoms with E-state index in [4.69, 9.17) is 9.15 Å². The zero-order chi connectivity index (χ0) is 18.4. The molecule has 0 aliphatic carbocycles. The number of nitrogens with zero attached hydrogens (tertiary/aromatic N) is 1. The molecule has 7 nitrogen and oxygen atoms in total. The number of ether oxygens (including phenoxy) is 1. The first-order chi connectivity index (χ1) is 11.8. The summed E-state index contributed by atoms with van der Waals surface area (Å²) in [7, 11) is -3.10. The van der Waals surface area contributed by atoms with Crippen LogP contribution in [0.3, 0.4) is 0 Å². The fourth-order valence-electron chi connectivity index (χ4n) is 2.79. The third-order valence-corrected chi connectivity index (χ3v) is 5.97. The molecule has 1 aromatic heterocycles. The van der Waals surface area contributed by atoms with Gasteiger partial charge in [-0.3, -0.25) is 4.79 Å².